The normalized spacial score (nSPS) is 18.4. The summed E-state index contributed by atoms with van der Waals surface area (Å²) in [4.78, 5) is 23.4. The molecule has 8 nitrogen and oxygen atoms in total. The van der Waals surface area contributed by atoms with E-state index in [0.29, 0.717) is 37.7 Å². The number of anilines is 2. The van der Waals surface area contributed by atoms with Crippen LogP contribution in [0, 0.1) is 5.82 Å². The molecule has 0 spiro atoms. The van der Waals surface area contributed by atoms with Crippen molar-refractivity contribution in [3.8, 4) is 11.4 Å². The van der Waals surface area contributed by atoms with Crippen LogP contribution in [-0.2, 0) is 17.8 Å². The zero-order chi connectivity index (χ0) is 20.4. The largest absolute Gasteiger partial charge is 0.377 e. The molecule has 0 bridgehead atoms. The van der Waals surface area contributed by atoms with E-state index in [0.717, 1.165) is 30.2 Å². The van der Waals surface area contributed by atoms with Crippen LogP contribution >= 0.6 is 0 Å². The highest BCUT2D eigenvalue weighted by atomic mass is 19.1. The van der Waals surface area contributed by atoms with Crippen molar-refractivity contribution in [3.05, 3.63) is 35.3 Å². The summed E-state index contributed by atoms with van der Waals surface area (Å²) in [5.74, 6) is 0.831. The van der Waals surface area contributed by atoms with Gasteiger partial charge in [-0.05, 0) is 32.0 Å². The van der Waals surface area contributed by atoms with Gasteiger partial charge in [0.1, 0.15) is 11.6 Å². The molecule has 2 aliphatic heterocycles. The van der Waals surface area contributed by atoms with Gasteiger partial charge in [-0.15, -0.1) is 0 Å². The molecule has 1 aromatic carbocycles. The third kappa shape index (κ3) is 4.01. The van der Waals surface area contributed by atoms with Gasteiger partial charge in [0.15, 0.2) is 5.82 Å². The lowest BCUT2D eigenvalue weighted by Gasteiger charge is -2.35. The highest BCUT2D eigenvalue weighted by molar-refractivity contribution is 5.89. The third-order valence-corrected chi connectivity index (χ3v) is 5.12. The van der Waals surface area contributed by atoms with E-state index in [2.05, 4.69) is 32.8 Å². The number of carbonyl (C=O) groups excluding carboxylic acids is 1. The van der Waals surface area contributed by atoms with Crippen molar-refractivity contribution in [3.63, 3.8) is 0 Å². The molecule has 29 heavy (non-hydrogen) atoms. The number of fused-ring (bicyclic) bond motifs is 1. The van der Waals surface area contributed by atoms with E-state index in [4.69, 9.17) is 9.72 Å². The van der Waals surface area contributed by atoms with Gasteiger partial charge in [0.05, 0.1) is 30.6 Å². The van der Waals surface area contributed by atoms with Gasteiger partial charge in [-0.3, -0.25) is 0 Å². The quantitative estimate of drug-likeness (QED) is 0.729. The molecule has 0 aliphatic carbocycles. The maximum absolute atomic E-state index is 14.6. The fraction of sp³-hybridized carbons (Fsp3) is 0.450. The predicted octanol–water partition coefficient (Wildman–Crippen LogP) is 2.25. The Morgan fingerprint density at radius 1 is 1.38 bits per heavy atom. The summed E-state index contributed by atoms with van der Waals surface area (Å²) in [6, 6.07) is 4.38. The number of ether oxygens (including phenoxy) is 1. The van der Waals surface area contributed by atoms with E-state index < -0.39 is 11.8 Å². The van der Waals surface area contributed by atoms with E-state index in [1.54, 1.807) is 13.0 Å². The van der Waals surface area contributed by atoms with E-state index in [1.165, 1.54) is 12.1 Å². The molecule has 3 heterocycles. The predicted molar refractivity (Wildman–Crippen MR) is 108 cm³/mol. The van der Waals surface area contributed by atoms with Gasteiger partial charge in [-0.25, -0.2) is 19.2 Å². The first-order chi connectivity index (χ1) is 14.1. The number of morpholine rings is 1. The Bertz CT molecular complexity index is 922. The number of halogens is 1. The molecule has 2 aliphatic rings. The molecule has 2 amide bonds. The lowest BCUT2D eigenvalue weighted by Crippen LogP contribution is -2.44. The highest BCUT2D eigenvalue weighted by Crippen LogP contribution is 2.31. The fourth-order valence-corrected chi connectivity index (χ4v) is 3.64. The number of rotatable bonds is 4. The van der Waals surface area contributed by atoms with E-state index in [-0.39, 0.29) is 11.7 Å². The molecule has 1 aromatic heterocycles. The van der Waals surface area contributed by atoms with E-state index in [9.17, 15) is 9.18 Å². The van der Waals surface area contributed by atoms with Crippen LogP contribution in [0.3, 0.4) is 0 Å². The van der Waals surface area contributed by atoms with Gasteiger partial charge >= 0.3 is 6.03 Å². The van der Waals surface area contributed by atoms with Crippen molar-refractivity contribution in [2.24, 2.45) is 0 Å². The Labute approximate surface area is 168 Å². The van der Waals surface area contributed by atoms with Crippen LogP contribution in [0.2, 0.25) is 0 Å². The monoisotopic (exact) mass is 400 g/mol. The molecule has 1 unspecified atom stereocenters. The molecule has 3 N–H and O–H groups in total. The van der Waals surface area contributed by atoms with Gasteiger partial charge in [0.25, 0.3) is 0 Å². The summed E-state index contributed by atoms with van der Waals surface area (Å²) in [6.07, 6.45) is 0. The zero-order valence-electron chi connectivity index (χ0n) is 16.6. The number of nitrogens with zero attached hydrogens (tertiary/aromatic N) is 3. The van der Waals surface area contributed by atoms with Gasteiger partial charge in [0.2, 0.25) is 0 Å². The Hall–Kier alpha value is -2.78. The summed E-state index contributed by atoms with van der Waals surface area (Å²) in [7, 11) is 0. The van der Waals surface area contributed by atoms with Gasteiger partial charge in [-0.1, -0.05) is 0 Å². The standard InChI is InChI=1S/C20H25FN6O2/c1-3-23-20(28)25-16-5-4-13(8-15(16)21)18-24-17-10-22-9-14(17)19(26-18)27-6-7-29-11-12(27)2/h4-5,8,12,22H,3,6-7,9-11H2,1-2H3,(H2,23,25,28). The molecule has 1 saturated heterocycles. The number of hydrogen-bond acceptors (Lipinski definition) is 6. The first-order valence-corrected chi connectivity index (χ1v) is 9.86. The van der Waals surface area contributed by atoms with Crippen molar-refractivity contribution >= 4 is 17.5 Å². The number of aromatic nitrogens is 2. The van der Waals surface area contributed by atoms with Crippen LogP contribution < -0.4 is 20.9 Å². The lowest BCUT2D eigenvalue weighted by molar-refractivity contribution is 0.0984. The average molecular weight is 400 g/mol. The van der Waals surface area contributed by atoms with Crippen molar-refractivity contribution in [2.45, 2.75) is 33.0 Å². The molecule has 1 atom stereocenters. The summed E-state index contributed by atoms with van der Waals surface area (Å²) >= 11 is 0. The van der Waals surface area contributed by atoms with Crippen LogP contribution in [-0.4, -0.2) is 48.3 Å². The lowest BCUT2D eigenvalue weighted by atomic mass is 10.1. The number of amides is 2. The molecule has 154 valence electrons. The molecule has 9 heteroatoms. The molecule has 0 saturated carbocycles. The first kappa shape index (κ1) is 19.5. The highest BCUT2D eigenvalue weighted by Gasteiger charge is 2.28. The first-order valence-electron chi connectivity index (χ1n) is 9.86. The summed E-state index contributed by atoms with van der Waals surface area (Å²) in [6.45, 7) is 7.81. The van der Waals surface area contributed by atoms with Gasteiger partial charge in [-0.2, -0.15) is 0 Å². The molecule has 1 fully saturated rings. The van der Waals surface area contributed by atoms with Crippen LogP contribution in [0.25, 0.3) is 11.4 Å². The Kier molecular flexibility index (Phi) is 5.59. The second-order valence-electron chi connectivity index (χ2n) is 7.20. The SMILES string of the molecule is CCNC(=O)Nc1ccc(-c2nc3c(c(N4CCOCC4C)n2)CNC3)cc1F. The third-order valence-electron chi connectivity index (χ3n) is 5.12. The van der Waals surface area contributed by atoms with Crippen LogP contribution in [0.1, 0.15) is 25.1 Å². The smallest absolute Gasteiger partial charge is 0.319 e. The average Bonchev–Trinajstić information content (AvgIpc) is 3.18. The summed E-state index contributed by atoms with van der Waals surface area (Å²) in [5.41, 5.74) is 2.72. The number of benzene rings is 1. The van der Waals surface area contributed by atoms with Crippen molar-refractivity contribution in [1.29, 1.82) is 0 Å². The molecule has 2 aromatic rings. The fourth-order valence-electron chi connectivity index (χ4n) is 3.64. The maximum Gasteiger partial charge on any atom is 0.319 e. The van der Waals surface area contributed by atoms with Gasteiger partial charge in [0, 0.05) is 37.3 Å². The second-order valence-corrected chi connectivity index (χ2v) is 7.20. The number of carbonyl (C=O) groups is 1. The molecular formula is C20H25FN6O2. The molecule has 4 rings (SSSR count). The van der Waals surface area contributed by atoms with Crippen LogP contribution in [0.4, 0.5) is 20.7 Å². The van der Waals surface area contributed by atoms with Crippen LogP contribution in [0.15, 0.2) is 18.2 Å². The van der Waals surface area contributed by atoms with Crippen molar-refractivity contribution < 1.29 is 13.9 Å². The maximum atomic E-state index is 14.6. The summed E-state index contributed by atoms with van der Waals surface area (Å²) in [5, 5.41) is 8.41. The molecular weight excluding hydrogens is 375 g/mol. The number of nitrogens with one attached hydrogen (secondary N) is 3. The van der Waals surface area contributed by atoms with Crippen LogP contribution in [0.5, 0.6) is 0 Å². The Morgan fingerprint density at radius 3 is 3.00 bits per heavy atom. The minimum Gasteiger partial charge on any atom is -0.377 e. The number of urea groups is 1. The Morgan fingerprint density at radius 2 is 2.24 bits per heavy atom. The Balaban J connectivity index is 1.67. The van der Waals surface area contributed by atoms with E-state index >= 15 is 0 Å². The zero-order valence-corrected chi connectivity index (χ0v) is 16.6. The van der Waals surface area contributed by atoms with Gasteiger partial charge < -0.3 is 25.6 Å². The van der Waals surface area contributed by atoms with E-state index in [1.807, 2.05) is 0 Å². The minimum absolute atomic E-state index is 0.115. The minimum atomic E-state index is -0.530. The number of hydrogen-bond donors (Lipinski definition) is 3. The summed E-state index contributed by atoms with van der Waals surface area (Å²) < 4.78 is 20.1. The van der Waals surface area contributed by atoms with Crippen molar-refractivity contribution in [2.75, 3.05) is 36.5 Å². The second kappa shape index (κ2) is 8.30. The molecule has 0 radical (unpaired) electrons. The van der Waals surface area contributed by atoms with Crippen molar-refractivity contribution in [1.82, 2.24) is 20.6 Å². The topological polar surface area (TPSA) is 91.4 Å².